The van der Waals surface area contributed by atoms with Gasteiger partial charge in [0.2, 0.25) is 0 Å². The summed E-state index contributed by atoms with van der Waals surface area (Å²) in [5, 5.41) is 8.56. The van der Waals surface area contributed by atoms with Crippen molar-refractivity contribution >= 4 is 19.0 Å². The van der Waals surface area contributed by atoms with E-state index in [0.29, 0.717) is 11.3 Å². The van der Waals surface area contributed by atoms with Crippen molar-refractivity contribution in [1.82, 2.24) is 0 Å². The molecule has 0 heterocycles. The smallest absolute Gasteiger partial charge is 0.283 e. The van der Waals surface area contributed by atoms with Crippen LogP contribution < -0.4 is 10.2 Å². The van der Waals surface area contributed by atoms with Gasteiger partial charge < -0.3 is 4.74 Å². The number of nitrogens with zero attached hydrogens (tertiary/aromatic N) is 1. The van der Waals surface area contributed by atoms with E-state index in [0.717, 1.165) is 17.3 Å². The third-order valence-corrected chi connectivity index (χ3v) is 2.05. The Bertz CT molecular complexity index is 396. The molecule has 0 aliphatic carbocycles. The summed E-state index contributed by atoms with van der Waals surface area (Å²) in [6, 6.07) is 3.47. The molecule has 3 nitrogen and oxygen atoms in total. The fourth-order valence-corrected chi connectivity index (χ4v) is 1.33. The van der Waals surface area contributed by atoms with E-state index in [2.05, 4.69) is 0 Å². The van der Waals surface area contributed by atoms with Crippen LogP contribution >= 0.6 is 0 Å². The normalized spacial score (nSPS) is 8.93. The molecule has 0 amide bonds. The van der Waals surface area contributed by atoms with Gasteiger partial charge in [-0.1, -0.05) is 11.5 Å². The molecule has 0 saturated carbocycles. The molecule has 0 fully saturated rings. The lowest BCUT2D eigenvalue weighted by Crippen LogP contribution is -2.18. The van der Waals surface area contributed by atoms with Crippen molar-refractivity contribution in [3.8, 4) is 11.7 Å². The topological polar surface area (TPSA) is 50.1 Å². The van der Waals surface area contributed by atoms with Gasteiger partial charge in [0.05, 0.1) is 7.11 Å². The Hall–Kier alpha value is -1.76. The SMILES string of the molecule is COc1cc(C=O)c(BC#N)cc1C. The van der Waals surface area contributed by atoms with E-state index >= 15 is 0 Å². The fraction of sp³-hybridized carbons (Fsp3) is 0.200. The number of benzene rings is 1. The largest absolute Gasteiger partial charge is 0.496 e. The second kappa shape index (κ2) is 4.47. The molecule has 0 unspecified atom stereocenters. The standard InChI is InChI=1S/C10H10BNO2/c1-7-3-9(11-6-12)8(5-13)4-10(7)14-2/h3-5,11H,1-2H3. The molecule has 0 N–H and O–H groups in total. The molecule has 0 aromatic heterocycles. The molecule has 0 spiro atoms. The average molecular weight is 187 g/mol. The molecule has 0 aliphatic heterocycles. The zero-order chi connectivity index (χ0) is 10.6. The van der Waals surface area contributed by atoms with Crippen LogP contribution in [0.1, 0.15) is 15.9 Å². The monoisotopic (exact) mass is 187 g/mol. The Labute approximate surface area is 83.5 Å². The summed E-state index contributed by atoms with van der Waals surface area (Å²) < 4.78 is 5.08. The molecule has 14 heavy (non-hydrogen) atoms. The van der Waals surface area contributed by atoms with Crippen LogP contribution in [0.5, 0.6) is 5.75 Å². The highest BCUT2D eigenvalue weighted by atomic mass is 16.5. The van der Waals surface area contributed by atoms with Crippen LogP contribution in [0.15, 0.2) is 12.1 Å². The number of aldehydes is 1. The second-order valence-corrected chi connectivity index (χ2v) is 2.97. The van der Waals surface area contributed by atoms with E-state index in [1.807, 2.05) is 19.0 Å². The lowest BCUT2D eigenvalue weighted by molar-refractivity contribution is 0.112. The van der Waals surface area contributed by atoms with Crippen molar-refractivity contribution in [2.24, 2.45) is 0 Å². The van der Waals surface area contributed by atoms with Crippen molar-refractivity contribution in [3.05, 3.63) is 23.3 Å². The van der Waals surface area contributed by atoms with E-state index < -0.39 is 0 Å². The zero-order valence-corrected chi connectivity index (χ0v) is 8.20. The first-order valence-electron chi connectivity index (χ1n) is 4.22. The van der Waals surface area contributed by atoms with E-state index in [4.69, 9.17) is 10.00 Å². The zero-order valence-electron chi connectivity index (χ0n) is 8.20. The molecule has 1 rings (SSSR count). The molecule has 0 radical (unpaired) electrons. The quantitative estimate of drug-likeness (QED) is 0.507. The number of rotatable bonds is 3. The summed E-state index contributed by atoms with van der Waals surface area (Å²) in [6.45, 7) is 1.88. The van der Waals surface area contributed by atoms with Crippen molar-refractivity contribution < 1.29 is 9.53 Å². The third kappa shape index (κ3) is 1.94. The van der Waals surface area contributed by atoms with Crippen LogP contribution in [0, 0.1) is 18.2 Å². The number of ether oxygens (including phenoxy) is 1. The molecule has 1 aromatic rings. The fourth-order valence-electron chi connectivity index (χ4n) is 1.33. The van der Waals surface area contributed by atoms with E-state index in [1.165, 1.54) is 0 Å². The summed E-state index contributed by atoms with van der Waals surface area (Å²) in [4.78, 5) is 10.7. The maximum atomic E-state index is 10.7. The van der Waals surface area contributed by atoms with E-state index in [-0.39, 0.29) is 7.28 Å². The number of hydrogen-bond acceptors (Lipinski definition) is 3. The molecule has 0 aliphatic rings. The predicted octanol–water partition coefficient (Wildman–Crippen LogP) is 0.359. The van der Waals surface area contributed by atoms with Crippen molar-refractivity contribution in [2.75, 3.05) is 7.11 Å². The average Bonchev–Trinajstić information content (AvgIpc) is 2.19. The first-order chi connectivity index (χ1) is 6.72. The van der Waals surface area contributed by atoms with Gasteiger partial charge in [-0.2, -0.15) is 0 Å². The minimum absolute atomic E-state index is 0.249. The summed E-state index contributed by atoms with van der Waals surface area (Å²) in [6.07, 6.45) is 0.745. The first kappa shape index (κ1) is 10.3. The van der Waals surface area contributed by atoms with Gasteiger partial charge in [0, 0.05) is 11.5 Å². The van der Waals surface area contributed by atoms with Crippen LogP contribution in [0.2, 0.25) is 0 Å². The number of carbonyl (C=O) groups excluding carboxylic acids is 1. The minimum Gasteiger partial charge on any atom is -0.496 e. The molecule has 70 valence electrons. The third-order valence-electron chi connectivity index (χ3n) is 2.05. The Kier molecular flexibility index (Phi) is 3.30. The highest BCUT2D eigenvalue weighted by Crippen LogP contribution is 2.16. The summed E-state index contributed by atoms with van der Waals surface area (Å²) in [5.74, 6) is 2.70. The van der Waals surface area contributed by atoms with Gasteiger partial charge in [-0.05, 0) is 18.6 Å². The molecule has 0 atom stereocenters. The number of carbonyl (C=O) groups is 1. The molecular weight excluding hydrogens is 177 g/mol. The van der Waals surface area contributed by atoms with Crippen LogP contribution in [0.4, 0.5) is 0 Å². The number of methoxy groups -OCH3 is 1. The summed E-state index contributed by atoms with van der Waals surface area (Å²) in [7, 11) is 1.81. The molecule has 0 saturated heterocycles. The number of nitriles is 1. The molecular formula is C10H10BNO2. The summed E-state index contributed by atoms with van der Waals surface area (Å²) >= 11 is 0. The summed E-state index contributed by atoms with van der Waals surface area (Å²) in [5.41, 5.74) is 2.21. The lowest BCUT2D eigenvalue weighted by atomic mass is 9.70. The van der Waals surface area contributed by atoms with Crippen LogP contribution in [-0.2, 0) is 0 Å². The molecule has 1 aromatic carbocycles. The lowest BCUT2D eigenvalue weighted by Gasteiger charge is -2.07. The van der Waals surface area contributed by atoms with Gasteiger partial charge in [0.1, 0.15) is 12.0 Å². The van der Waals surface area contributed by atoms with Crippen molar-refractivity contribution in [1.29, 1.82) is 5.26 Å². The van der Waals surface area contributed by atoms with E-state index in [9.17, 15) is 4.79 Å². The highest BCUT2D eigenvalue weighted by molar-refractivity contribution is 6.62. The Morgan fingerprint density at radius 1 is 1.57 bits per heavy atom. The van der Waals surface area contributed by atoms with Gasteiger partial charge in [-0.15, -0.1) is 0 Å². The van der Waals surface area contributed by atoms with Gasteiger partial charge in [0.25, 0.3) is 7.28 Å². The Morgan fingerprint density at radius 3 is 2.79 bits per heavy atom. The number of hydrogen-bond donors (Lipinski definition) is 0. The van der Waals surface area contributed by atoms with Crippen molar-refractivity contribution in [2.45, 2.75) is 6.92 Å². The van der Waals surface area contributed by atoms with Crippen LogP contribution in [0.25, 0.3) is 0 Å². The van der Waals surface area contributed by atoms with Gasteiger partial charge >= 0.3 is 0 Å². The maximum Gasteiger partial charge on any atom is 0.283 e. The van der Waals surface area contributed by atoms with Gasteiger partial charge in [0.15, 0.2) is 0 Å². The van der Waals surface area contributed by atoms with Crippen LogP contribution in [-0.4, -0.2) is 20.7 Å². The highest BCUT2D eigenvalue weighted by Gasteiger charge is 2.07. The Balaban J connectivity index is 3.25. The predicted molar refractivity (Wildman–Crippen MR) is 55.5 cm³/mol. The Morgan fingerprint density at radius 2 is 2.29 bits per heavy atom. The van der Waals surface area contributed by atoms with Gasteiger partial charge in [-0.3, -0.25) is 4.79 Å². The second-order valence-electron chi connectivity index (χ2n) is 2.97. The first-order valence-corrected chi connectivity index (χ1v) is 4.22. The van der Waals surface area contributed by atoms with Crippen LogP contribution in [0.3, 0.4) is 0 Å². The van der Waals surface area contributed by atoms with Crippen molar-refractivity contribution in [3.63, 3.8) is 0 Å². The number of aryl methyl sites for hydroxylation is 1. The maximum absolute atomic E-state index is 10.7. The van der Waals surface area contributed by atoms with Gasteiger partial charge in [-0.25, -0.2) is 5.26 Å². The van der Waals surface area contributed by atoms with E-state index in [1.54, 1.807) is 13.2 Å². The molecule has 0 bridgehead atoms. The minimum atomic E-state index is 0.249. The molecule has 4 heteroatoms.